The quantitative estimate of drug-likeness (QED) is 0.860. The molecule has 1 aromatic carbocycles. The SMILES string of the molecule is CCn1nnc2cc(C(=O)NC3COC3)ccc21. The summed E-state index contributed by atoms with van der Waals surface area (Å²) < 4.78 is 6.82. The van der Waals surface area contributed by atoms with Crippen molar-refractivity contribution in [1.29, 1.82) is 0 Å². The van der Waals surface area contributed by atoms with E-state index in [0.717, 1.165) is 17.6 Å². The van der Waals surface area contributed by atoms with Crippen LogP contribution in [0.25, 0.3) is 11.0 Å². The summed E-state index contributed by atoms with van der Waals surface area (Å²) in [6.07, 6.45) is 0. The highest BCUT2D eigenvalue weighted by Crippen LogP contribution is 2.14. The van der Waals surface area contributed by atoms with Crippen molar-refractivity contribution in [3.05, 3.63) is 23.8 Å². The molecular formula is C12H14N4O2. The number of benzene rings is 1. The summed E-state index contributed by atoms with van der Waals surface area (Å²) in [6.45, 7) is 3.97. The molecule has 1 aliphatic heterocycles. The number of aryl methyl sites for hydroxylation is 1. The van der Waals surface area contributed by atoms with Crippen LogP contribution in [0.15, 0.2) is 18.2 Å². The molecule has 0 radical (unpaired) electrons. The zero-order chi connectivity index (χ0) is 12.5. The van der Waals surface area contributed by atoms with Crippen molar-refractivity contribution in [2.75, 3.05) is 13.2 Å². The molecule has 0 aliphatic carbocycles. The van der Waals surface area contributed by atoms with E-state index < -0.39 is 0 Å². The van der Waals surface area contributed by atoms with Crippen LogP contribution >= 0.6 is 0 Å². The fourth-order valence-electron chi connectivity index (χ4n) is 1.93. The Bertz CT molecular complexity index is 589. The molecule has 1 saturated heterocycles. The third-order valence-electron chi connectivity index (χ3n) is 3.05. The maximum Gasteiger partial charge on any atom is 0.251 e. The van der Waals surface area contributed by atoms with E-state index >= 15 is 0 Å². The highest BCUT2D eigenvalue weighted by Gasteiger charge is 2.21. The fraction of sp³-hybridized carbons (Fsp3) is 0.417. The molecule has 0 bridgehead atoms. The van der Waals surface area contributed by atoms with Gasteiger partial charge in [-0.25, -0.2) is 4.68 Å². The van der Waals surface area contributed by atoms with E-state index in [1.54, 1.807) is 16.8 Å². The molecule has 94 valence electrons. The Morgan fingerprint density at radius 1 is 1.56 bits per heavy atom. The maximum absolute atomic E-state index is 11.9. The summed E-state index contributed by atoms with van der Waals surface area (Å²) in [7, 11) is 0. The van der Waals surface area contributed by atoms with Gasteiger partial charge < -0.3 is 10.1 Å². The number of hydrogen-bond donors (Lipinski definition) is 1. The summed E-state index contributed by atoms with van der Waals surface area (Å²) in [6, 6.07) is 5.58. The number of amides is 1. The van der Waals surface area contributed by atoms with Crippen LogP contribution in [0, 0.1) is 0 Å². The molecule has 6 nitrogen and oxygen atoms in total. The van der Waals surface area contributed by atoms with E-state index in [1.807, 2.05) is 13.0 Å². The Hall–Kier alpha value is -1.95. The van der Waals surface area contributed by atoms with Crippen molar-refractivity contribution in [3.8, 4) is 0 Å². The van der Waals surface area contributed by atoms with Gasteiger partial charge in [-0.3, -0.25) is 4.79 Å². The highest BCUT2D eigenvalue weighted by molar-refractivity contribution is 5.97. The van der Waals surface area contributed by atoms with Crippen molar-refractivity contribution in [2.24, 2.45) is 0 Å². The monoisotopic (exact) mass is 246 g/mol. The minimum Gasteiger partial charge on any atom is -0.377 e. The van der Waals surface area contributed by atoms with Gasteiger partial charge in [-0.2, -0.15) is 0 Å². The number of carbonyl (C=O) groups excluding carboxylic acids is 1. The Morgan fingerprint density at radius 2 is 2.39 bits per heavy atom. The van der Waals surface area contributed by atoms with Crippen LogP contribution < -0.4 is 5.32 Å². The topological polar surface area (TPSA) is 69.0 Å². The van der Waals surface area contributed by atoms with Crippen LogP contribution in [0.3, 0.4) is 0 Å². The molecule has 0 atom stereocenters. The molecule has 6 heteroatoms. The number of carbonyl (C=O) groups is 1. The number of nitrogens with one attached hydrogen (secondary N) is 1. The van der Waals surface area contributed by atoms with Gasteiger partial charge >= 0.3 is 0 Å². The van der Waals surface area contributed by atoms with E-state index in [2.05, 4.69) is 15.6 Å². The van der Waals surface area contributed by atoms with E-state index in [9.17, 15) is 4.79 Å². The van der Waals surface area contributed by atoms with Crippen molar-refractivity contribution >= 4 is 16.9 Å². The molecule has 0 saturated carbocycles. The minimum atomic E-state index is -0.0868. The Kier molecular flexibility index (Phi) is 2.71. The molecule has 3 rings (SSSR count). The van der Waals surface area contributed by atoms with Crippen LogP contribution in [-0.2, 0) is 11.3 Å². The molecule has 2 aromatic rings. The molecule has 1 fully saturated rings. The van der Waals surface area contributed by atoms with E-state index in [1.165, 1.54) is 0 Å². The van der Waals surface area contributed by atoms with Gasteiger partial charge in [0.2, 0.25) is 0 Å². The number of hydrogen-bond acceptors (Lipinski definition) is 4. The third kappa shape index (κ3) is 1.84. The number of fused-ring (bicyclic) bond motifs is 1. The molecule has 2 heterocycles. The molecule has 18 heavy (non-hydrogen) atoms. The molecule has 1 N–H and O–H groups in total. The van der Waals surface area contributed by atoms with E-state index in [0.29, 0.717) is 18.8 Å². The lowest BCUT2D eigenvalue weighted by Crippen LogP contribution is -2.48. The van der Waals surface area contributed by atoms with Gasteiger partial charge in [0.25, 0.3) is 5.91 Å². The predicted octanol–water partition coefficient (Wildman–Crippen LogP) is 0.580. The van der Waals surface area contributed by atoms with Gasteiger partial charge in [0.1, 0.15) is 5.52 Å². The van der Waals surface area contributed by atoms with Gasteiger partial charge in [0.15, 0.2) is 0 Å². The van der Waals surface area contributed by atoms with Gasteiger partial charge in [-0.15, -0.1) is 5.10 Å². The lowest BCUT2D eigenvalue weighted by Gasteiger charge is -2.26. The zero-order valence-electron chi connectivity index (χ0n) is 10.1. The summed E-state index contributed by atoms with van der Waals surface area (Å²) in [5, 5.41) is 11.0. The first kappa shape index (κ1) is 11.2. The number of rotatable bonds is 3. The first-order valence-corrected chi connectivity index (χ1v) is 6.00. The maximum atomic E-state index is 11.9. The second kappa shape index (κ2) is 4.38. The number of ether oxygens (including phenoxy) is 1. The molecule has 1 aliphatic rings. The molecule has 0 unspecified atom stereocenters. The van der Waals surface area contributed by atoms with Crippen LogP contribution in [0.1, 0.15) is 17.3 Å². The van der Waals surface area contributed by atoms with E-state index in [-0.39, 0.29) is 11.9 Å². The number of nitrogens with zero attached hydrogens (tertiary/aromatic N) is 3. The second-order valence-corrected chi connectivity index (χ2v) is 4.32. The van der Waals surface area contributed by atoms with Gasteiger partial charge in [-0.05, 0) is 25.1 Å². The van der Waals surface area contributed by atoms with Crippen molar-refractivity contribution in [3.63, 3.8) is 0 Å². The van der Waals surface area contributed by atoms with Crippen LogP contribution in [0.5, 0.6) is 0 Å². The van der Waals surface area contributed by atoms with Crippen molar-refractivity contribution in [1.82, 2.24) is 20.3 Å². The largest absolute Gasteiger partial charge is 0.377 e. The number of aromatic nitrogens is 3. The predicted molar refractivity (Wildman–Crippen MR) is 65.3 cm³/mol. The second-order valence-electron chi connectivity index (χ2n) is 4.32. The van der Waals surface area contributed by atoms with Crippen LogP contribution in [0.4, 0.5) is 0 Å². The van der Waals surface area contributed by atoms with Crippen molar-refractivity contribution < 1.29 is 9.53 Å². The average molecular weight is 246 g/mol. The zero-order valence-corrected chi connectivity index (χ0v) is 10.1. The van der Waals surface area contributed by atoms with Gasteiger partial charge in [-0.1, -0.05) is 5.21 Å². The molecular weight excluding hydrogens is 232 g/mol. The smallest absolute Gasteiger partial charge is 0.251 e. The lowest BCUT2D eigenvalue weighted by atomic mass is 10.1. The molecule has 0 spiro atoms. The fourth-order valence-corrected chi connectivity index (χ4v) is 1.93. The Balaban J connectivity index is 1.85. The lowest BCUT2D eigenvalue weighted by molar-refractivity contribution is -0.00346. The minimum absolute atomic E-state index is 0.0868. The average Bonchev–Trinajstić information content (AvgIpc) is 2.75. The van der Waals surface area contributed by atoms with Crippen LogP contribution in [0.2, 0.25) is 0 Å². The van der Waals surface area contributed by atoms with Gasteiger partial charge in [0.05, 0.1) is 24.8 Å². The van der Waals surface area contributed by atoms with Crippen LogP contribution in [-0.4, -0.2) is 40.2 Å². The first-order chi connectivity index (χ1) is 8.78. The summed E-state index contributed by atoms with van der Waals surface area (Å²) >= 11 is 0. The first-order valence-electron chi connectivity index (χ1n) is 6.00. The van der Waals surface area contributed by atoms with Gasteiger partial charge in [0, 0.05) is 12.1 Å². The normalized spacial score (nSPS) is 15.6. The summed E-state index contributed by atoms with van der Waals surface area (Å²) in [4.78, 5) is 11.9. The standard InChI is InChI=1S/C12H14N4O2/c1-2-16-11-4-3-8(5-10(11)14-15-16)12(17)13-9-6-18-7-9/h3-5,9H,2,6-7H2,1H3,(H,13,17). The Morgan fingerprint density at radius 3 is 3.06 bits per heavy atom. The van der Waals surface area contributed by atoms with E-state index in [4.69, 9.17) is 4.74 Å². The third-order valence-corrected chi connectivity index (χ3v) is 3.05. The Labute approximate surface area is 104 Å². The highest BCUT2D eigenvalue weighted by atomic mass is 16.5. The molecule has 1 aromatic heterocycles. The summed E-state index contributed by atoms with van der Waals surface area (Å²) in [5.74, 6) is -0.0868. The summed E-state index contributed by atoms with van der Waals surface area (Å²) in [5.41, 5.74) is 2.30. The van der Waals surface area contributed by atoms with Crippen molar-refractivity contribution in [2.45, 2.75) is 19.5 Å². The molecule has 1 amide bonds.